The van der Waals surface area contributed by atoms with E-state index in [0.29, 0.717) is 31.9 Å². The zero-order valence-electron chi connectivity index (χ0n) is 11.9. The number of carbonyl (C=O) groups excluding carboxylic acids is 1. The minimum Gasteiger partial charge on any atom is -0.373 e. The minimum absolute atomic E-state index is 0.161. The molecule has 0 radical (unpaired) electrons. The number of likely N-dealkylation sites (tertiary alicyclic amines) is 1. The third-order valence-electron chi connectivity index (χ3n) is 3.80. The number of hydrogen-bond donors (Lipinski definition) is 0. The monoisotopic (exact) mass is 331 g/mol. The summed E-state index contributed by atoms with van der Waals surface area (Å²) in [7, 11) is -3.29. The fraction of sp³-hybridized carbons (Fsp3) is 0.667. The molecule has 3 rings (SSSR count). The molecule has 2 fully saturated rings. The number of ether oxygens (including phenoxy) is 1. The molecule has 1 aromatic heterocycles. The molecule has 1 amide bonds. The van der Waals surface area contributed by atoms with Gasteiger partial charge >= 0.3 is 0 Å². The number of thiazole rings is 1. The molecule has 0 spiro atoms. The normalized spacial score (nSPS) is 26.9. The van der Waals surface area contributed by atoms with Gasteiger partial charge in [-0.05, 0) is 6.92 Å². The Morgan fingerprint density at radius 2 is 2.24 bits per heavy atom. The van der Waals surface area contributed by atoms with E-state index in [2.05, 4.69) is 4.98 Å². The van der Waals surface area contributed by atoms with E-state index in [1.54, 1.807) is 10.3 Å². The molecule has 2 saturated heterocycles. The second-order valence-electron chi connectivity index (χ2n) is 5.31. The summed E-state index contributed by atoms with van der Waals surface area (Å²) in [5.74, 6) is -0.161. The maximum Gasteiger partial charge on any atom is 0.273 e. The van der Waals surface area contributed by atoms with Crippen molar-refractivity contribution in [1.82, 2.24) is 14.2 Å². The van der Waals surface area contributed by atoms with Gasteiger partial charge in [-0.3, -0.25) is 4.79 Å². The van der Waals surface area contributed by atoms with Gasteiger partial charge in [-0.15, -0.1) is 11.3 Å². The molecule has 1 aromatic rings. The van der Waals surface area contributed by atoms with Crippen LogP contribution in [0.1, 0.15) is 15.5 Å². The summed E-state index contributed by atoms with van der Waals surface area (Å²) in [6.45, 7) is 3.32. The zero-order valence-corrected chi connectivity index (χ0v) is 13.5. The average Bonchev–Trinajstić information content (AvgIpc) is 3.01. The maximum atomic E-state index is 12.4. The zero-order chi connectivity index (χ0) is 15.2. The van der Waals surface area contributed by atoms with Crippen LogP contribution in [0.2, 0.25) is 0 Å². The summed E-state index contributed by atoms with van der Waals surface area (Å²) in [5, 5.41) is 2.57. The molecule has 2 atom stereocenters. The molecule has 2 aliphatic heterocycles. The Morgan fingerprint density at radius 3 is 2.86 bits per heavy atom. The van der Waals surface area contributed by atoms with Crippen LogP contribution in [0.25, 0.3) is 0 Å². The highest BCUT2D eigenvalue weighted by Gasteiger charge is 2.45. The minimum atomic E-state index is -3.29. The van der Waals surface area contributed by atoms with Crippen molar-refractivity contribution < 1.29 is 17.9 Å². The van der Waals surface area contributed by atoms with Crippen LogP contribution in [0.15, 0.2) is 5.38 Å². The molecule has 0 N–H and O–H groups in total. The first-order valence-corrected chi connectivity index (χ1v) is 9.39. The third-order valence-corrected chi connectivity index (χ3v) is 5.88. The fourth-order valence-corrected chi connectivity index (χ4v) is 4.55. The van der Waals surface area contributed by atoms with Crippen molar-refractivity contribution in [2.24, 2.45) is 0 Å². The van der Waals surface area contributed by atoms with Gasteiger partial charge < -0.3 is 9.64 Å². The summed E-state index contributed by atoms with van der Waals surface area (Å²) in [5.41, 5.74) is 0.419. The second-order valence-corrected chi connectivity index (χ2v) is 8.31. The molecular formula is C12H17N3O4S2. The molecule has 0 saturated carbocycles. The third kappa shape index (κ3) is 2.83. The van der Waals surface area contributed by atoms with E-state index in [-0.39, 0.29) is 18.1 Å². The Labute approximate surface area is 127 Å². The van der Waals surface area contributed by atoms with Crippen LogP contribution in [0.4, 0.5) is 0 Å². The lowest BCUT2D eigenvalue weighted by Gasteiger charge is -2.34. The summed E-state index contributed by atoms with van der Waals surface area (Å²) in [4.78, 5) is 18.2. The summed E-state index contributed by atoms with van der Waals surface area (Å²) < 4.78 is 30.7. The van der Waals surface area contributed by atoms with Crippen molar-refractivity contribution in [3.8, 4) is 0 Å². The summed E-state index contributed by atoms with van der Waals surface area (Å²) >= 11 is 1.43. The number of aryl methyl sites for hydroxylation is 1. The molecule has 7 nitrogen and oxygen atoms in total. The topological polar surface area (TPSA) is 79.8 Å². The van der Waals surface area contributed by atoms with Crippen molar-refractivity contribution >= 4 is 27.3 Å². The molecule has 3 heterocycles. The highest BCUT2D eigenvalue weighted by Crippen LogP contribution is 2.26. The first-order chi connectivity index (χ1) is 9.86. The molecule has 0 aromatic carbocycles. The Morgan fingerprint density at radius 1 is 1.48 bits per heavy atom. The van der Waals surface area contributed by atoms with Crippen LogP contribution >= 0.6 is 11.3 Å². The van der Waals surface area contributed by atoms with Crippen molar-refractivity contribution in [3.63, 3.8) is 0 Å². The Hall–Kier alpha value is -1.03. The lowest BCUT2D eigenvalue weighted by molar-refractivity contribution is -0.0157. The molecule has 9 heteroatoms. The fourth-order valence-electron chi connectivity index (χ4n) is 2.86. The van der Waals surface area contributed by atoms with Gasteiger partial charge in [0.05, 0.1) is 30.0 Å². The van der Waals surface area contributed by atoms with Crippen LogP contribution in [-0.2, 0) is 14.8 Å². The smallest absolute Gasteiger partial charge is 0.273 e. The van der Waals surface area contributed by atoms with Crippen molar-refractivity contribution in [1.29, 1.82) is 0 Å². The molecule has 0 aliphatic carbocycles. The van der Waals surface area contributed by atoms with E-state index in [4.69, 9.17) is 4.74 Å². The quantitative estimate of drug-likeness (QED) is 0.758. The van der Waals surface area contributed by atoms with Crippen LogP contribution in [0.3, 0.4) is 0 Å². The van der Waals surface area contributed by atoms with Gasteiger partial charge in [0.15, 0.2) is 0 Å². The lowest BCUT2D eigenvalue weighted by Crippen LogP contribution is -2.52. The molecule has 21 heavy (non-hydrogen) atoms. The van der Waals surface area contributed by atoms with Gasteiger partial charge in [-0.1, -0.05) is 0 Å². The van der Waals surface area contributed by atoms with E-state index < -0.39 is 10.0 Å². The number of nitrogens with zero attached hydrogens (tertiary/aromatic N) is 3. The molecule has 0 bridgehead atoms. The number of carbonyl (C=O) groups is 1. The van der Waals surface area contributed by atoms with Crippen LogP contribution in [-0.4, -0.2) is 73.2 Å². The lowest BCUT2D eigenvalue weighted by atomic mass is 10.2. The highest BCUT2D eigenvalue weighted by molar-refractivity contribution is 7.88. The molecule has 0 unspecified atom stereocenters. The van der Waals surface area contributed by atoms with Gasteiger partial charge in [0.2, 0.25) is 10.0 Å². The number of rotatable bonds is 2. The molecule has 2 aliphatic rings. The number of amides is 1. The molecular weight excluding hydrogens is 314 g/mol. The van der Waals surface area contributed by atoms with Gasteiger partial charge in [-0.2, -0.15) is 4.31 Å². The van der Waals surface area contributed by atoms with Gasteiger partial charge in [0, 0.05) is 25.0 Å². The number of fused-ring (bicyclic) bond motifs is 1. The summed E-state index contributed by atoms with van der Waals surface area (Å²) in [6.07, 6.45) is 0.945. The van der Waals surface area contributed by atoms with E-state index in [1.165, 1.54) is 21.9 Å². The first kappa shape index (κ1) is 14.9. The second kappa shape index (κ2) is 5.31. The summed E-state index contributed by atoms with van der Waals surface area (Å²) in [6, 6.07) is -0.294. The standard InChI is InChI=1S/C12H17N3O4S2/c1-8-13-9(7-20-8)12(16)14-5-10-11(6-14)19-4-3-15(10)21(2,17)18/h7,10-11H,3-6H2,1-2H3/t10-,11+/m1/s1. The number of aromatic nitrogens is 1. The van der Waals surface area contributed by atoms with Gasteiger partial charge in [0.1, 0.15) is 5.69 Å². The predicted molar refractivity (Wildman–Crippen MR) is 77.8 cm³/mol. The van der Waals surface area contributed by atoms with E-state index in [1.807, 2.05) is 6.92 Å². The molecule has 116 valence electrons. The van der Waals surface area contributed by atoms with Crippen molar-refractivity contribution in [2.75, 3.05) is 32.5 Å². The van der Waals surface area contributed by atoms with Crippen molar-refractivity contribution in [3.05, 3.63) is 16.1 Å². The average molecular weight is 331 g/mol. The van der Waals surface area contributed by atoms with E-state index >= 15 is 0 Å². The van der Waals surface area contributed by atoms with Crippen molar-refractivity contribution in [2.45, 2.75) is 19.1 Å². The highest BCUT2D eigenvalue weighted by atomic mass is 32.2. The van der Waals surface area contributed by atoms with Crippen LogP contribution < -0.4 is 0 Å². The largest absolute Gasteiger partial charge is 0.373 e. The van der Waals surface area contributed by atoms with Gasteiger partial charge in [0.25, 0.3) is 5.91 Å². The van der Waals surface area contributed by atoms with E-state index in [0.717, 1.165) is 5.01 Å². The van der Waals surface area contributed by atoms with Gasteiger partial charge in [-0.25, -0.2) is 13.4 Å². The maximum absolute atomic E-state index is 12.4. The Kier molecular flexibility index (Phi) is 3.76. The first-order valence-electron chi connectivity index (χ1n) is 6.66. The Balaban J connectivity index is 1.79. The van der Waals surface area contributed by atoms with E-state index in [9.17, 15) is 13.2 Å². The van der Waals surface area contributed by atoms with Crippen LogP contribution in [0.5, 0.6) is 0 Å². The SMILES string of the molecule is Cc1nc(C(=O)N2C[C@@H]3OCCN(S(C)(=O)=O)[C@@H]3C2)cs1. The number of morpholine rings is 1. The Bertz CT molecular complexity index is 657. The number of sulfonamides is 1. The number of hydrogen-bond acceptors (Lipinski definition) is 6. The van der Waals surface area contributed by atoms with Crippen LogP contribution in [0, 0.1) is 6.92 Å². The predicted octanol–water partition coefficient (Wildman–Crippen LogP) is -0.0637.